The third-order valence-electron chi connectivity index (χ3n) is 3.06. The average Bonchev–Trinajstić information content (AvgIpc) is 2.25. The Bertz CT molecular complexity index is 352. The summed E-state index contributed by atoms with van der Waals surface area (Å²) >= 11 is 5.57. The standard InChI is InChI=1S/C12H14ClF2N/c13-9-6-11(14)10(12(15)7-9)5-8-1-3-16-4-2-8/h6-8,16H,1-5H2. The second-order valence-electron chi connectivity index (χ2n) is 4.25. The summed E-state index contributed by atoms with van der Waals surface area (Å²) < 4.78 is 27.1. The van der Waals surface area contributed by atoms with Gasteiger partial charge in [0.05, 0.1) is 0 Å². The molecule has 0 unspecified atom stereocenters. The molecule has 0 spiro atoms. The van der Waals surface area contributed by atoms with Gasteiger partial charge in [0, 0.05) is 10.6 Å². The Morgan fingerprint density at radius 3 is 2.31 bits per heavy atom. The Hall–Kier alpha value is -0.670. The largest absolute Gasteiger partial charge is 0.317 e. The summed E-state index contributed by atoms with van der Waals surface area (Å²) in [6.07, 6.45) is 2.42. The molecule has 1 nitrogen and oxygen atoms in total. The minimum atomic E-state index is -0.525. The highest BCUT2D eigenvalue weighted by Crippen LogP contribution is 2.24. The molecule has 16 heavy (non-hydrogen) atoms. The number of rotatable bonds is 2. The zero-order valence-corrected chi connectivity index (χ0v) is 9.66. The molecule has 0 bridgehead atoms. The van der Waals surface area contributed by atoms with E-state index in [9.17, 15) is 8.78 Å². The zero-order valence-electron chi connectivity index (χ0n) is 8.90. The topological polar surface area (TPSA) is 12.0 Å². The second-order valence-corrected chi connectivity index (χ2v) is 4.68. The lowest BCUT2D eigenvalue weighted by atomic mass is 9.90. The molecule has 1 fully saturated rings. The molecule has 0 radical (unpaired) electrons. The molecule has 2 rings (SSSR count). The van der Waals surface area contributed by atoms with E-state index in [-0.39, 0.29) is 10.6 Å². The van der Waals surface area contributed by atoms with E-state index in [0.717, 1.165) is 25.9 Å². The Morgan fingerprint density at radius 1 is 1.19 bits per heavy atom. The van der Waals surface area contributed by atoms with Crippen LogP contribution in [-0.2, 0) is 6.42 Å². The van der Waals surface area contributed by atoms with Gasteiger partial charge in [-0.2, -0.15) is 0 Å². The number of piperidine rings is 1. The van der Waals surface area contributed by atoms with Crippen molar-refractivity contribution in [2.75, 3.05) is 13.1 Å². The first-order valence-electron chi connectivity index (χ1n) is 5.51. The van der Waals surface area contributed by atoms with E-state index in [1.54, 1.807) is 0 Å². The predicted molar refractivity (Wildman–Crippen MR) is 60.7 cm³/mol. The minimum absolute atomic E-state index is 0.115. The number of benzene rings is 1. The third kappa shape index (κ3) is 2.71. The molecule has 1 aliphatic rings. The summed E-state index contributed by atoms with van der Waals surface area (Å²) in [7, 11) is 0. The fourth-order valence-corrected chi connectivity index (χ4v) is 2.33. The van der Waals surface area contributed by atoms with Crippen molar-refractivity contribution in [2.24, 2.45) is 5.92 Å². The van der Waals surface area contributed by atoms with Crippen LogP contribution in [0.15, 0.2) is 12.1 Å². The molecule has 1 N–H and O–H groups in total. The first kappa shape index (κ1) is 11.8. The van der Waals surface area contributed by atoms with Gasteiger partial charge in [0.1, 0.15) is 11.6 Å². The summed E-state index contributed by atoms with van der Waals surface area (Å²) in [5.74, 6) is -0.682. The number of hydrogen-bond acceptors (Lipinski definition) is 1. The van der Waals surface area contributed by atoms with Crippen LogP contribution in [0.4, 0.5) is 8.78 Å². The fraction of sp³-hybridized carbons (Fsp3) is 0.500. The quantitative estimate of drug-likeness (QED) is 0.844. The molecule has 4 heteroatoms. The lowest BCUT2D eigenvalue weighted by Gasteiger charge is -2.22. The number of hydrogen-bond donors (Lipinski definition) is 1. The van der Waals surface area contributed by atoms with Gasteiger partial charge in [0.2, 0.25) is 0 Å². The van der Waals surface area contributed by atoms with Gasteiger partial charge < -0.3 is 5.32 Å². The van der Waals surface area contributed by atoms with Crippen molar-refractivity contribution in [3.63, 3.8) is 0 Å². The van der Waals surface area contributed by atoms with Gasteiger partial charge in [-0.3, -0.25) is 0 Å². The van der Waals surface area contributed by atoms with Crippen molar-refractivity contribution < 1.29 is 8.78 Å². The molecule has 1 aromatic rings. The summed E-state index contributed by atoms with van der Waals surface area (Å²) in [6, 6.07) is 2.36. The monoisotopic (exact) mass is 245 g/mol. The van der Waals surface area contributed by atoms with Crippen LogP contribution in [0.5, 0.6) is 0 Å². The maximum atomic E-state index is 13.5. The van der Waals surface area contributed by atoms with E-state index >= 15 is 0 Å². The molecule has 0 amide bonds. The highest BCUT2D eigenvalue weighted by Gasteiger charge is 2.18. The first-order valence-corrected chi connectivity index (χ1v) is 5.89. The van der Waals surface area contributed by atoms with Crippen LogP contribution in [0.2, 0.25) is 5.02 Å². The lowest BCUT2D eigenvalue weighted by molar-refractivity contribution is 0.363. The van der Waals surface area contributed by atoms with E-state index in [1.165, 1.54) is 12.1 Å². The molecule has 0 aromatic heterocycles. The Balaban J connectivity index is 2.14. The Morgan fingerprint density at radius 2 is 1.75 bits per heavy atom. The molecular formula is C12H14ClF2N. The molecule has 0 aliphatic carbocycles. The maximum absolute atomic E-state index is 13.5. The van der Waals surface area contributed by atoms with Crippen LogP contribution in [-0.4, -0.2) is 13.1 Å². The molecule has 1 saturated heterocycles. The van der Waals surface area contributed by atoms with Crippen molar-refractivity contribution >= 4 is 11.6 Å². The zero-order chi connectivity index (χ0) is 11.5. The van der Waals surface area contributed by atoms with E-state index in [2.05, 4.69) is 5.32 Å². The molecule has 0 atom stereocenters. The third-order valence-corrected chi connectivity index (χ3v) is 3.28. The number of halogens is 3. The summed E-state index contributed by atoms with van der Waals surface area (Å²) in [5.41, 5.74) is 0.177. The van der Waals surface area contributed by atoms with Crippen LogP contribution in [0.3, 0.4) is 0 Å². The van der Waals surface area contributed by atoms with Gasteiger partial charge in [-0.05, 0) is 50.4 Å². The van der Waals surface area contributed by atoms with Crippen LogP contribution in [0, 0.1) is 17.6 Å². The van der Waals surface area contributed by atoms with Gasteiger partial charge in [-0.1, -0.05) is 11.6 Å². The van der Waals surface area contributed by atoms with Crippen LogP contribution < -0.4 is 5.32 Å². The van der Waals surface area contributed by atoms with Crippen LogP contribution >= 0.6 is 11.6 Å². The van der Waals surface area contributed by atoms with E-state index in [1.807, 2.05) is 0 Å². The van der Waals surface area contributed by atoms with Crippen molar-refractivity contribution in [1.29, 1.82) is 0 Å². The normalized spacial score (nSPS) is 17.7. The van der Waals surface area contributed by atoms with Gasteiger partial charge in [0.25, 0.3) is 0 Å². The summed E-state index contributed by atoms with van der Waals surface area (Å²) in [4.78, 5) is 0. The lowest BCUT2D eigenvalue weighted by Crippen LogP contribution is -2.29. The second kappa shape index (κ2) is 5.11. The fourth-order valence-electron chi connectivity index (χ4n) is 2.14. The highest BCUT2D eigenvalue weighted by atomic mass is 35.5. The van der Waals surface area contributed by atoms with E-state index in [0.29, 0.717) is 12.3 Å². The van der Waals surface area contributed by atoms with Crippen molar-refractivity contribution in [3.8, 4) is 0 Å². The SMILES string of the molecule is Fc1cc(Cl)cc(F)c1CC1CCNCC1. The average molecular weight is 246 g/mol. The molecule has 0 saturated carbocycles. The highest BCUT2D eigenvalue weighted by molar-refractivity contribution is 6.30. The molecule has 1 aliphatic heterocycles. The van der Waals surface area contributed by atoms with Crippen LogP contribution in [0.1, 0.15) is 18.4 Å². The molecule has 1 aromatic carbocycles. The predicted octanol–water partition coefficient (Wildman–Crippen LogP) is 3.16. The van der Waals surface area contributed by atoms with Gasteiger partial charge in [0.15, 0.2) is 0 Å². The minimum Gasteiger partial charge on any atom is -0.317 e. The Kier molecular flexibility index (Phi) is 3.77. The van der Waals surface area contributed by atoms with Crippen molar-refractivity contribution in [3.05, 3.63) is 34.4 Å². The molecule has 88 valence electrons. The molecular weight excluding hydrogens is 232 g/mol. The summed E-state index contributed by atoms with van der Waals surface area (Å²) in [5, 5.41) is 3.35. The van der Waals surface area contributed by atoms with E-state index in [4.69, 9.17) is 11.6 Å². The number of nitrogens with one attached hydrogen (secondary N) is 1. The maximum Gasteiger partial charge on any atom is 0.130 e. The first-order chi connectivity index (χ1) is 7.66. The van der Waals surface area contributed by atoms with Crippen LogP contribution in [0.25, 0.3) is 0 Å². The van der Waals surface area contributed by atoms with Gasteiger partial charge in [-0.15, -0.1) is 0 Å². The van der Waals surface area contributed by atoms with Crippen molar-refractivity contribution in [1.82, 2.24) is 5.32 Å². The molecule has 1 heterocycles. The van der Waals surface area contributed by atoms with Gasteiger partial charge in [-0.25, -0.2) is 8.78 Å². The Labute approximate surface area is 98.8 Å². The van der Waals surface area contributed by atoms with E-state index < -0.39 is 11.6 Å². The summed E-state index contributed by atoms with van der Waals surface area (Å²) in [6.45, 7) is 1.86. The van der Waals surface area contributed by atoms with Gasteiger partial charge >= 0.3 is 0 Å². The smallest absolute Gasteiger partial charge is 0.130 e. The van der Waals surface area contributed by atoms with Crippen molar-refractivity contribution in [2.45, 2.75) is 19.3 Å².